The zero-order chi connectivity index (χ0) is 9.35. The molecule has 1 fully saturated rings. The quantitative estimate of drug-likeness (QED) is 0.364. The number of aliphatic carboxylic acids is 1. The van der Waals surface area contributed by atoms with E-state index in [-0.39, 0.29) is 6.61 Å². The highest BCUT2D eigenvalue weighted by Crippen LogP contribution is 2.37. The molecule has 1 aliphatic rings. The number of esters is 1. The van der Waals surface area contributed by atoms with E-state index in [1.54, 1.807) is 6.92 Å². The van der Waals surface area contributed by atoms with Crippen molar-refractivity contribution in [3.63, 3.8) is 0 Å². The fourth-order valence-corrected chi connectivity index (χ4v) is 1.01. The molecule has 0 radical (unpaired) electrons. The van der Waals surface area contributed by atoms with Gasteiger partial charge in [-0.3, -0.25) is 0 Å². The predicted octanol–water partition coefficient (Wildman–Crippen LogP) is -0.208. The molecule has 0 saturated carbocycles. The SMILES string of the molecule is CCOC(=O)C1(C(=O)O)OC1C. The van der Waals surface area contributed by atoms with Crippen molar-refractivity contribution in [2.24, 2.45) is 0 Å². The largest absolute Gasteiger partial charge is 0.479 e. The van der Waals surface area contributed by atoms with Gasteiger partial charge < -0.3 is 14.6 Å². The first-order valence-electron chi connectivity index (χ1n) is 3.64. The highest BCUT2D eigenvalue weighted by Gasteiger charge is 2.68. The molecule has 5 nitrogen and oxygen atoms in total. The Morgan fingerprint density at radius 1 is 1.67 bits per heavy atom. The molecule has 0 amide bonds. The lowest BCUT2D eigenvalue weighted by molar-refractivity contribution is -0.160. The lowest BCUT2D eigenvalue weighted by Gasteiger charge is -2.05. The van der Waals surface area contributed by atoms with Gasteiger partial charge >= 0.3 is 11.9 Å². The van der Waals surface area contributed by atoms with Gasteiger partial charge in [-0.1, -0.05) is 0 Å². The first-order valence-corrected chi connectivity index (χ1v) is 3.64. The molecule has 12 heavy (non-hydrogen) atoms. The van der Waals surface area contributed by atoms with E-state index in [0.29, 0.717) is 0 Å². The molecule has 0 aromatic rings. The van der Waals surface area contributed by atoms with E-state index in [1.165, 1.54) is 6.92 Å². The van der Waals surface area contributed by atoms with Gasteiger partial charge in [-0.25, -0.2) is 9.59 Å². The summed E-state index contributed by atoms with van der Waals surface area (Å²) < 4.78 is 9.26. The van der Waals surface area contributed by atoms with Crippen molar-refractivity contribution in [3.05, 3.63) is 0 Å². The number of carboxylic acids is 1. The molecule has 0 spiro atoms. The van der Waals surface area contributed by atoms with Gasteiger partial charge in [0.25, 0.3) is 5.60 Å². The topological polar surface area (TPSA) is 76.1 Å². The average Bonchev–Trinajstić information content (AvgIpc) is 2.63. The summed E-state index contributed by atoms with van der Waals surface area (Å²) in [5, 5.41) is 8.65. The maximum absolute atomic E-state index is 11.1. The van der Waals surface area contributed by atoms with Crippen molar-refractivity contribution in [2.75, 3.05) is 6.61 Å². The second-order valence-electron chi connectivity index (χ2n) is 2.52. The molecule has 68 valence electrons. The third-order valence-corrected chi connectivity index (χ3v) is 1.77. The second-order valence-corrected chi connectivity index (χ2v) is 2.52. The van der Waals surface area contributed by atoms with Crippen LogP contribution in [0, 0.1) is 0 Å². The summed E-state index contributed by atoms with van der Waals surface area (Å²) in [6.45, 7) is 3.29. The van der Waals surface area contributed by atoms with E-state index in [0.717, 1.165) is 0 Å². The molecular weight excluding hydrogens is 164 g/mol. The Kier molecular flexibility index (Phi) is 2.06. The number of carbonyl (C=O) groups is 2. The summed E-state index contributed by atoms with van der Waals surface area (Å²) >= 11 is 0. The first-order chi connectivity index (χ1) is 5.55. The molecule has 0 aromatic heterocycles. The number of epoxide rings is 1. The minimum absolute atomic E-state index is 0.157. The summed E-state index contributed by atoms with van der Waals surface area (Å²) in [4.78, 5) is 21.6. The van der Waals surface area contributed by atoms with Crippen LogP contribution in [0.2, 0.25) is 0 Å². The summed E-state index contributed by atoms with van der Waals surface area (Å²) in [6.07, 6.45) is -0.589. The Bertz CT molecular complexity index is 224. The van der Waals surface area contributed by atoms with E-state index < -0.39 is 23.6 Å². The minimum atomic E-state index is -1.73. The average molecular weight is 174 g/mol. The molecule has 1 aliphatic heterocycles. The van der Waals surface area contributed by atoms with Crippen LogP contribution in [0.15, 0.2) is 0 Å². The molecule has 1 saturated heterocycles. The Labute approximate surface area is 69.3 Å². The van der Waals surface area contributed by atoms with Crippen molar-refractivity contribution in [2.45, 2.75) is 25.6 Å². The predicted molar refractivity (Wildman–Crippen MR) is 37.5 cm³/mol. The van der Waals surface area contributed by atoms with Gasteiger partial charge in [0, 0.05) is 0 Å². The highest BCUT2D eigenvalue weighted by molar-refractivity contribution is 6.06. The van der Waals surface area contributed by atoms with Crippen LogP contribution in [0.4, 0.5) is 0 Å². The molecule has 1 rings (SSSR count). The monoisotopic (exact) mass is 174 g/mol. The Morgan fingerprint density at radius 2 is 2.17 bits per heavy atom. The summed E-state index contributed by atoms with van der Waals surface area (Å²) in [5.74, 6) is -2.10. The van der Waals surface area contributed by atoms with Gasteiger partial charge in [0.1, 0.15) is 6.10 Å². The number of rotatable bonds is 3. The van der Waals surface area contributed by atoms with E-state index in [4.69, 9.17) is 9.84 Å². The summed E-state index contributed by atoms with van der Waals surface area (Å²) in [6, 6.07) is 0. The Hall–Kier alpha value is -1.10. The minimum Gasteiger partial charge on any atom is -0.479 e. The maximum Gasteiger partial charge on any atom is 0.353 e. The van der Waals surface area contributed by atoms with Crippen molar-refractivity contribution in [1.29, 1.82) is 0 Å². The van der Waals surface area contributed by atoms with E-state index >= 15 is 0 Å². The zero-order valence-corrected chi connectivity index (χ0v) is 6.86. The van der Waals surface area contributed by atoms with Crippen LogP contribution in [0.3, 0.4) is 0 Å². The molecule has 1 heterocycles. The molecule has 0 aromatic carbocycles. The fraction of sp³-hybridized carbons (Fsp3) is 0.714. The van der Waals surface area contributed by atoms with Gasteiger partial charge in [0.15, 0.2) is 0 Å². The van der Waals surface area contributed by atoms with Crippen LogP contribution in [0.25, 0.3) is 0 Å². The van der Waals surface area contributed by atoms with Gasteiger partial charge in [-0.2, -0.15) is 0 Å². The summed E-state index contributed by atoms with van der Waals surface area (Å²) in [7, 11) is 0. The molecule has 2 unspecified atom stereocenters. The second kappa shape index (κ2) is 2.75. The van der Waals surface area contributed by atoms with Crippen LogP contribution in [-0.2, 0) is 19.1 Å². The van der Waals surface area contributed by atoms with E-state index in [1.807, 2.05) is 0 Å². The van der Waals surface area contributed by atoms with Gasteiger partial charge in [-0.05, 0) is 13.8 Å². The van der Waals surface area contributed by atoms with Crippen molar-refractivity contribution >= 4 is 11.9 Å². The third kappa shape index (κ3) is 1.06. The van der Waals surface area contributed by atoms with Gasteiger partial charge in [0.2, 0.25) is 0 Å². The standard InChI is InChI=1S/C7H10O5/c1-3-11-6(10)7(5(8)9)4(2)12-7/h4H,3H2,1-2H3,(H,8,9). The molecule has 0 aliphatic carbocycles. The number of carboxylic acid groups (broad SMARTS) is 1. The van der Waals surface area contributed by atoms with Crippen molar-refractivity contribution in [1.82, 2.24) is 0 Å². The summed E-state index contributed by atoms with van der Waals surface area (Å²) in [5.41, 5.74) is -1.73. The van der Waals surface area contributed by atoms with Crippen LogP contribution < -0.4 is 0 Å². The lowest BCUT2D eigenvalue weighted by Crippen LogP contribution is -2.37. The van der Waals surface area contributed by atoms with Gasteiger partial charge in [0.05, 0.1) is 6.61 Å². The maximum atomic E-state index is 11.1. The van der Waals surface area contributed by atoms with Crippen LogP contribution >= 0.6 is 0 Å². The molecule has 1 N–H and O–H groups in total. The molecule has 5 heteroatoms. The molecule has 0 bridgehead atoms. The lowest BCUT2D eigenvalue weighted by atomic mass is 10.1. The Morgan fingerprint density at radius 3 is 2.42 bits per heavy atom. The van der Waals surface area contributed by atoms with E-state index in [9.17, 15) is 9.59 Å². The third-order valence-electron chi connectivity index (χ3n) is 1.77. The van der Waals surface area contributed by atoms with Crippen LogP contribution in [-0.4, -0.2) is 35.4 Å². The normalized spacial score (nSPS) is 32.7. The first kappa shape index (κ1) is 8.99. The van der Waals surface area contributed by atoms with Crippen LogP contribution in [0.1, 0.15) is 13.8 Å². The number of carbonyl (C=O) groups excluding carboxylic acids is 1. The number of hydrogen-bond donors (Lipinski definition) is 1. The highest BCUT2D eigenvalue weighted by atomic mass is 16.7. The Balaban J connectivity index is 2.70. The van der Waals surface area contributed by atoms with Crippen LogP contribution in [0.5, 0.6) is 0 Å². The van der Waals surface area contributed by atoms with E-state index in [2.05, 4.69) is 4.74 Å². The number of ether oxygens (including phenoxy) is 2. The molecule has 2 atom stereocenters. The number of hydrogen-bond acceptors (Lipinski definition) is 4. The fourth-order valence-electron chi connectivity index (χ4n) is 1.01. The smallest absolute Gasteiger partial charge is 0.353 e. The van der Waals surface area contributed by atoms with Crippen molar-refractivity contribution < 1.29 is 24.2 Å². The molecular formula is C7H10O5. The zero-order valence-electron chi connectivity index (χ0n) is 6.86. The van der Waals surface area contributed by atoms with Crippen molar-refractivity contribution in [3.8, 4) is 0 Å². The van der Waals surface area contributed by atoms with Gasteiger partial charge in [-0.15, -0.1) is 0 Å².